The average Bonchev–Trinajstić information content (AvgIpc) is 3.26. The number of methoxy groups -OCH3 is 2. The Kier molecular flexibility index (Phi) is 5.44. The van der Waals surface area contributed by atoms with E-state index in [2.05, 4.69) is 4.98 Å². The Hall–Kier alpha value is -3.72. The Balaban J connectivity index is 1.92. The average molecular weight is 513 g/mol. The van der Waals surface area contributed by atoms with Gasteiger partial charge in [-0.05, 0) is 23.3 Å². The Morgan fingerprint density at radius 2 is 1.78 bits per heavy atom. The highest BCUT2D eigenvalue weighted by atomic mass is 32.3. The molecule has 1 aliphatic carbocycles. The van der Waals surface area contributed by atoms with Gasteiger partial charge in [-0.2, -0.15) is 18.7 Å². The number of nitrogens with zero attached hydrogens (tertiary/aromatic N) is 2. The van der Waals surface area contributed by atoms with E-state index in [1.54, 1.807) is 30.3 Å². The number of ether oxygens (including phenoxy) is 3. The molecular formula is C25H21FN2O7S. The molecule has 1 aromatic heterocycles. The lowest BCUT2D eigenvalue weighted by atomic mass is 9.71. The lowest BCUT2D eigenvalue weighted by molar-refractivity contribution is -0.149. The molecule has 0 spiro atoms. The molecule has 0 unspecified atom stereocenters. The van der Waals surface area contributed by atoms with Crippen molar-refractivity contribution in [2.45, 2.75) is 28.5 Å². The summed E-state index contributed by atoms with van der Waals surface area (Å²) in [6.07, 6.45) is -2.20. The number of halogens is 1. The van der Waals surface area contributed by atoms with Crippen molar-refractivity contribution in [3.8, 4) is 23.6 Å². The van der Waals surface area contributed by atoms with Gasteiger partial charge in [0.2, 0.25) is 11.8 Å². The second-order valence-corrected chi connectivity index (χ2v) is 10.1. The van der Waals surface area contributed by atoms with Crippen molar-refractivity contribution in [3.63, 3.8) is 0 Å². The molecule has 5 rings (SSSR count). The summed E-state index contributed by atoms with van der Waals surface area (Å²) in [6.45, 7) is 0. The van der Waals surface area contributed by atoms with E-state index in [1.807, 2.05) is 6.07 Å². The van der Waals surface area contributed by atoms with Crippen molar-refractivity contribution >= 4 is 10.2 Å². The molecule has 1 saturated carbocycles. The standard InChI is InChI=1S/C25H21FN2O7S/c1-33-18-12-17-20(23(28-18)34-2)24(30)22(29)21(36(26,31)32)19(15-6-4-3-5-7-15)25(24,35-17)16-10-8-14(13-27)9-11-16/h3-12,19,21-22,29-30H,1-2H3/t19-,21-,22-,24+,25+/m1/s1. The SMILES string of the molecule is COc1cc2c(c(OC)n1)[C@]1(O)[C@H](O)[C@H](S(=O)(=O)F)[C@@H](c3ccccc3)[C@]1(c1ccc(C#N)cc1)O2. The number of hydrogen-bond acceptors (Lipinski definition) is 9. The Bertz CT molecular complexity index is 1480. The van der Waals surface area contributed by atoms with Crippen LogP contribution in [0, 0.1) is 11.3 Å². The molecule has 2 aromatic carbocycles. The summed E-state index contributed by atoms with van der Waals surface area (Å²) in [6, 6.07) is 17.3. The maximum atomic E-state index is 15.0. The molecule has 11 heteroatoms. The van der Waals surface area contributed by atoms with Gasteiger partial charge in [0.05, 0.1) is 37.3 Å². The molecule has 9 nitrogen and oxygen atoms in total. The van der Waals surface area contributed by atoms with E-state index in [0.29, 0.717) is 11.1 Å². The van der Waals surface area contributed by atoms with Crippen LogP contribution in [0.4, 0.5) is 3.89 Å². The van der Waals surface area contributed by atoms with Crippen LogP contribution in [0.1, 0.15) is 28.2 Å². The normalized spacial score (nSPS) is 28.5. The number of rotatable bonds is 5. The van der Waals surface area contributed by atoms with Crippen molar-refractivity contribution in [3.05, 3.63) is 82.9 Å². The second-order valence-electron chi connectivity index (χ2n) is 8.61. The van der Waals surface area contributed by atoms with E-state index in [0.717, 1.165) is 0 Å². The largest absolute Gasteiger partial charge is 0.481 e. The highest BCUT2D eigenvalue weighted by molar-refractivity contribution is 7.87. The smallest absolute Gasteiger partial charge is 0.308 e. The minimum atomic E-state index is -5.45. The van der Waals surface area contributed by atoms with E-state index in [-0.39, 0.29) is 28.6 Å². The van der Waals surface area contributed by atoms with Crippen LogP contribution in [0.15, 0.2) is 60.7 Å². The molecular weight excluding hydrogens is 491 g/mol. The number of aliphatic hydroxyl groups is 2. The highest BCUT2D eigenvalue weighted by Crippen LogP contribution is 2.69. The van der Waals surface area contributed by atoms with Gasteiger partial charge in [-0.3, -0.25) is 0 Å². The van der Waals surface area contributed by atoms with Gasteiger partial charge >= 0.3 is 10.2 Å². The topological polar surface area (TPSA) is 139 Å². The highest BCUT2D eigenvalue weighted by Gasteiger charge is 2.79. The van der Waals surface area contributed by atoms with E-state index in [1.165, 1.54) is 44.6 Å². The van der Waals surface area contributed by atoms with Crippen LogP contribution in [0.3, 0.4) is 0 Å². The van der Waals surface area contributed by atoms with Crippen molar-refractivity contribution in [1.82, 2.24) is 4.98 Å². The fourth-order valence-electron chi connectivity index (χ4n) is 5.57. The molecule has 0 radical (unpaired) electrons. The third-order valence-electron chi connectivity index (χ3n) is 6.98. The van der Waals surface area contributed by atoms with Crippen molar-refractivity contribution in [2.75, 3.05) is 14.2 Å². The monoisotopic (exact) mass is 512 g/mol. The van der Waals surface area contributed by atoms with Gasteiger partial charge in [-0.15, -0.1) is 3.89 Å². The number of pyridine rings is 1. The van der Waals surface area contributed by atoms with E-state index in [9.17, 15) is 27.8 Å². The van der Waals surface area contributed by atoms with Crippen LogP contribution in [0.25, 0.3) is 0 Å². The molecule has 1 fully saturated rings. The maximum absolute atomic E-state index is 15.0. The van der Waals surface area contributed by atoms with E-state index in [4.69, 9.17) is 14.2 Å². The lowest BCUT2D eigenvalue weighted by Crippen LogP contribution is -2.52. The van der Waals surface area contributed by atoms with Gasteiger partial charge in [-0.25, -0.2) is 0 Å². The van der Waals surface area contributed by atoms with Crippen LogP contribution < -0.4 is 14.2 Å². The molecule has 2 N–H and O–H groups in total. The minimum Gasteiger partial charge on any atom is -0.481 e. The summed E-state index contributed by atoms with van der Waals surface area (Å²) in [5.41, 5.74) is -3.94. The Labute approximate surface area is 206 Å². The number of fused-ring (bicyclic) bond motifs is 3. The van der Waals surface area contributed by atoms with Crippen LogP contribution in [0.2, 0.25) is 0 Å². The van der Waals surface area contributed by atoms with Gasteiger partial charge in [0, 0.05) is 6.07 Å². The predicted molar refractivity (Wildman–Crippen MR) is 124 cm³/mol. The van der Waals surface area contributed by atoms with Crippen LogP contribution in [-0.4, -0.2) is 49.2 Å². The molecule has 2 heterocycles. The molecule has 0 amide bonds. The van der Waals surface area contributed by atoms with E-state index < -0.39 is 38.7 Å². The zero-order valence-electron chi connectivity index (χ0n) is 19.1. The first-order valence-corrected chi connectivity index (χ1v) is 12.3. The molecule has 2 aliphatic rings. The first-order valence-electron chi connectivity index (χ1n) is 10.9. The third kappa shape index (κ3) is 3.05. The van der Waals surface area contributed by atoms with Gasteiger partial charge in [0.1, 0.15) is 17.1 Å². The second kappa shape index (κ2) is 8.16. The van der Waals surface area contributed by atoms with Crippen LogP contribution in [-0.2, 0) is 21.4 Å². The molecule has 36 heavy (non-hydrogen) atoms. The number of hydrogen-bond donors (Lipinski definition) is 2. The zero-order chi connectivity index (χ0) is 25.9. The summed E-state index contributed by atoms with van der Waals surface area (Å²) in [5.74, 6) is -1.53. The maximum Gasteiger partial charge on any atom is 0.308 e. The molecule has 0 saturated heterocycles. The summed E-state index contributed by atoms with van der Waals surface area (Å²) >= 11 is 0. The summed E-state index contributed by atoms with van der Waals surface area (Å²) < 4.78 is 57.0. The number of aromatic nitrogens is 1. The number of benzene rings is 2. The number of aliphatic hydroxyl groups excluding tert-OH is 1. The molecule has 3 aromatic rings. The molecule has 186 valence electrons. The number of nitriles is 1. The summed E-state index contributed by atoms with van der Waals surface area (Å²) in [7, 11) is -2.82. The fourth-order valence-corrected chi connectivity index (χ4v) is 6.75. The van der Waals surface area contributed by atoms with Gasteiger partial charge in [0.25, 0.3) is 0 Å². The first-order chi connectivity index (χ1) is 17.1. The van der Waals surface area contributed by atoms with Crippen molar-refractivity contribution in [2.24, 2.45) is 0 Å². The Morgan fingerprint density at radius 3 is 2.33 bits per heavy atom. The predicted octanol–water partition coefficient (Wildman–Crippen LogP) is 2.27. The third-order valence-corrected chi connectivity index (χ3v) is 8.16. The summed E-state index contributed by atoms with van der Waals surface area (Å²) in [4.78, 5) is 4.18. The van der Waals surface area contributed by atoms with Gasteiger partial charge in [0.15, 0.2) is 11.2 Å². The van der Waals surface area contributed by atoms with Gasteiger partial charge < -0.3 is 24.4 Å². The zero-order valence-corrected chi connectivity index (χ0v) is 19.9. The molecule has 1 aliphatic heterocycles. The van der Waals surface area contributed by atoms with Crippen molar-refractivity contribution in [1.29, 1.82) is 5.26 Å². The molecule has 0 bridgehead atoms. The molecule has 5 atom stereocenters. The minimum absolute atomic E-state index is 0.0141. The van der Waals surface area contributed by atoms with Crippen molar-refractivity contribution < 1.29 is 36.7 Å². The summed E-state index contributed by atoms with van der Waals surface area (Å²) in [5, 5.41) is 31.1. The van der Waals surface area contributed by atoms with Crippen LogP contribution in [0.5, 0.6) is 17.5 Å². The Morgan fingerprint density at radius 1 is 1.11 bits per heavy atom. The van der Waals surface area contributed by atoms with Crippen LogP contribution >= 0.6 is 0 Å². The quantitative estimate of drug-likeness (QED) is 0.493. The van der Waals surface area contributed by atoms with Gasteiger partial charge in [-0.1, -0.05) is 42.5 Å². The van der Waals surface area contributed by atoms with E-state index >= 15 is 0 Å². The lowest BCUT2D eigenvalue weighted by Gasteiger charge is -2.40. The fraction of sp³-hybridized carbons (Fsp3) is 0.280. The first kappa shape index (κ1) is 24.0.